The molecule has 0 radical (unpaired) electrons. The zero-order valence-corrected chi connectivity index (χ0v) is 21.1. The van der Waals surface area contributed by atoms with E-state index in [-0.39, 0.29) is 5.41 Å². The van der Waals surface area contributed by atoms with Gasteiger partial charge >= 0.3 is 0 Å². The van der Waals surface area contributed by atoms with E-state index in [2.05, 4.69) is 79.0 Å². The lowest BCUT2D eigenvalue weighted by Gasteiger charge is -2.33. The van der Waals surface area contributed by atoms with Crippen molar-refractivity contribution in [2.75, 3.05) is 19.7 Å². The molecule has 0 saturated heterocycles. The van der Waals surface area contributed by atoms with Crippen LogP contribution in [0.25, 0.3) is 0 Å². The van der Waals surface area contributed by atoms with Gasteiger partial charge in [-0.2, -0.15) is 0 Å². The van der Waals surface area contributed by atoms with Crippen molar-refractivity contribution < 1.29 is 4.74 Å². The van der Waals surface area contributed by atoms with Crippen molar-refractivity contribution in [2.24, 2.45) is 10.8 Å². The van der Waals surface area contributed by atoms with Crippen molar-refractivity contribution in [1.82, 2.24) is 4.90 Å². The summed E-state index contributed by atoms with van der Waals surface area (Å²) in [7, 11) is 0. The average Bonchev–Trinajstić information content (AvgIpc) is 2.61. The average molecular weight is 406 g/mol. The van der Waals surface area contributed by atoms with Gasteiger partial charge in [0.05, 0.1) is 12.3 Å². The highest BCUT2D eigenvalue weighted by atomic mass is 16.5. The van der Waals surface area contributed by atoms with Gasteiger partial charge in [0, 0.05) is 13.1 Å². The summed E-state index contributed by atoms with van der Waals surface area (Å²) in [5.74, 6) is 0.993. The largest absolute Gasteiger partial charge is 0.491 e. The second-order valence-electron chi connectivity index (χ2n) is 10.4. The highest BCUT2D eigenvalue weighted by Gasteiger charge is 2.25. The monoisotopic (exact) mass is 405 g/mol. The summed E-state index contributed by atoms with van der Waals surface area (Å²) in [6, 6.07) is 0. The zero-order chi connectivity index (χ0) is 22.3. The Morgan fingerprint density at radius 3 is 1.90 bits per heavy atom. The van der Waals surface area contributed by atoms with E-state index in [4.69, 9.17) is 4.74 Å². The maximum atomic E-state index is 6.27. The molecule has 0 rings (SSSR count). The molecule has 0 aliphatic heterocycles. The molecule has 0 bridgehead atoms. The molecule has 0 N–H and O–H groups in total. The molecule has 0 heterocycles. The first-order chi connectivity index (χ1) is 13.6. The molecule has 0 aromatic heterocycles. The maximum Gasteiger partial charge on any atom is 0.142 e. The van der Waals surface area contributed by atoms with Gasteiger partial charge in [-0.25, -0.2) is 0 Å². The normalized spacial score (nSPS) is 13.5. The number of ether oxygens (including phenoxy) is 1. The Balaban J connectivity index is 5.83. The topological polar surface area (TPSA) is 12.5 Å². The van der Waals surface area contributed by atoms with E-state index in [1.54, 1.807) is 0 Å². The van der Waals surface area contributed by atoms with E-state index in [0.29, 0.717) is 5.41 Å². The summed E-state index contributed by atoms with van der Waals surface area (Å²) >= 11 is 0. The standard InChI is InChI=1S/C27H51NO/c1-10-14-20-28(21-15-11-2)24(25(17-13-4)29-22-16-12-3)18-19-27(8,9)23-26(5,6)7/h13,17-18H,4,10-12,14-16,19-23H2,1-3,5-9H3/b24-18+,25-17+. The van der Waals surface area contributed by atoms with Gasteiger partial charge in [-0.05, 0) is 49.0 Å². The fraction of sp³-hybridized carbons (Fsp3) is 0.778. The summed E-state index contributed by atoms with van der Waals surface area (Å²) in [5.41, 5.74) is 1.86. The molecular weight excluding hydrogens is 354 g/mol. The minimum Gasteiger partial charge on any atom is -0.491 e. The van der Waals surface area contributed by atoms with Crippen molar-refractivity contribution in [3.8, 4) is 0 Å². The molecule has 0 fully saturated rings. The first kappa shape index (κ1) is 27.8. The van der Waals surface area contributed by atoms with E-state index in [1.807, 2.05) is 6.08 Å². The van der Waals surface area contributed by atoms with Crippen LogP contribution in [0.3, 0.4) is 0 Å². The first-order valence-corrected chi connectivity index (χ1v) is 12.0. The first-order valence-electron chi connectivity index (χ1n) is 12.0. The Kier molecular flexibility index (Phi) is 14.1. The van der Waals surface area contributed by atoms with E-state index >= 15 is 0 Å². The molecule has 29 heavy (non-hydrogen) atoms. The van der Waals surface area contributed by atoms with Gasteiger partial charge < -0.3 is 9.64 Å². The van der Waals surface area contributed by atoms with Gasteiger partial charge in [0.15, 0.2) is 0 Å². The molecule has 0 unspecified atom stereocenters. The van der Waals surface area contributed by atoms with Crippen LogP contribution in [-0.4, -0.2) is 24.6 Å². The summed E-state index contributed by atoms with van der Waals surface area (Å²) in [6.45, 7) is 25.5. The predicted octanol–water partition coefficient (Wildman–Crippen LogP) is 8.51. The fourth-order valence-corrected chi connectivity index (χ4v) is 3.96. The summed E-state index contributed by atoms with van der Waals surface area (Å²) in [6.07, 6.45) is 15.7. The summed E-state index contributed by atoms with van der Waals surface area (Å²) in [4.78, 5) is 2.56. The van der Waals surface area contributed by atoms with Gasteiger partial charge in [-0.3, -0.25) is 0 Å². The van der Waals surface area contributed by atoms with Crippen molar-refractivity contribution in [3.63, 3.8) is 0 Å². The molecule has 0 aliphatic rings. The molecule has 0 saturated carbocycles. The second-order valence-corrected chi connectivity index (χ2v) is 10.4. The van der Waals surface area contributed by atoms with E-state index in [0.717, 1.165) is 44.7 Å². The van der Waals surface area contributed by atoms with Gasteiger partial charge in [0.2, 0.25) is 0 Å². The van der Waals surface area contributed by atoms with Crippen LogP contribution in [0.2, 0.25) is 0 Å². The molecule has 170 valence electrons. The summed E-state index contributed by atoms with van der Waals surface area (Å²) < 4.78 is 6.27. The lowest BCUT2D eigenvalue weighted by molar-refractivity contribution is 0.188. The third-order valence-corrected chi connectivity index (χ3v) is 5.04. The Morgan fingerprint density at radius 1 is 0.897 bits per heavy atom. The van der Waals surface area contributed by atoms with Crippen LogP contribution in [0, 0.1) is 10.8 Å². The van der Waals surface area contributed by atoms with Crippen LogP contribution in [0.5, 0.6) is 0 Å². The fourth-order valence-electron chi connectivity index (χ4n) is 3.96. The third-order valence-electron chi connectivity index (χ3n) is 5.04. The molecule has 2 nitrogen and oxygen atoms in total. The van der Waals surface area contributed by atoms with Gasteiger partial charge in [0.25, 0.3) is 0 Å². The minimum atomic E-state index is 0.257. The minimum absolute atomic E-state index is 0.257. The molecule has 0 spiro atoms. The van der Waals surface area contributed by atoms with Crippen LogP contribution >= 0.6 is 0 Å². The number of hydrogen-bond acceptors (Lipinski definition) is 2. The van der Waals surface area contributed by atoms with Crippen molar-refractivity contribution in [3.05, 3.63) is 36.3 Å². The summed E-state index contributed by atoms with van der Waals surface area (Å²) in [5, 5.41) is 0. The molecule has 0 aromatic carbocycles. The Hall–Kier alpha value is -1.18. The third kappa shape index (κ3) is 13.6. The van der Waals surface area contributed by atoms with Crippen LogP contribution in [0.15, 0.2) is 36.3 Å². The van der Waals surface area contributed by atoms with Gasteiger partial charge in [-0.1, -0.05) is 93.4 Å². The van der Waals surface area contributed by atoms with Crippen molar-refractivity contribution in [1.29, 1.82) is 0 Å². The van der Waals surface area contributed by atoms with Crippen LogP contribution < -0.4 is 0 Å². The van der Waals surface area contributed by atoms with Crippen LogP contribution in [0.1, 0.15) is 107 Å². The molecule has 0 atom stereocenters. The Bertz CT molecular complexity index is 485. The lowest BCUT2D eigenvalue weighted by Crippen LogP contribution is -2.28. The van der Waals surface area contributed by atoms with Gasteiger partial charge in [0.1, 0.15) is 5.76 Å². The number of hydrogen-bond donors (Lipinski definition) is 0. The maximum absolute atomic E-state index is 6.27. The smallest absolute Gasteiger partial charge is 0.142 e. The molecule has 0 amide bonds. The van der Waals surface area contributed by atoms with Crippen LogP contribution in [0.4, 0.5) is 0 Å². The molecule has 2 heteroatoms. The van der Waals surface area contributed by atoms with Crippen molar-refractivity contribution >= 4 is 0 Å². The Labute approximate surface area is 183 Å². The van der Waals surface area contributed by atoms with E-state index in [9.17, 15) is 0 Å². The number of unbranched alkanes of at least 4 members (excludes halogenated alkanes) is 3. The highest BCUT2D eigenvalue weighted by molar-refractivity contribution is 5.28. The number of rotatable bonds is 16. The second kappa shape index (κ2) is 14.7. The molecular formula is C27H51NO. The highest BCUT2D eigenvalue weighted by Crippen LogP contribution is 2.37. The SMILES string of the molecule is C=C/C=C(OCCCC)\C(=C/CC(C)(C)CC(C)(C)C)N(CCCC)CCCC. The quantitative estimate of drug-likeness (QED) is 0.145. The lowest BCUT2D eigenvalue weighted by atomic mass is 9.74. The van der Waals surface area contributed by atoms with Crippen LogP contribution in [-0.2, 0) is 4.74 Å². The predicted molar refractivity (Wildman–Crippen MR) is 131 cm³/mol. The molecule has 0 aliphatic carbocycles. The molecule has 0 aromatic rings. The zero-order valence-electron chi connectivity index (χ0n) is 21.1. The van der Waals surface area contributed by atoms with Crippen molar-refractivity contribution in [2.45, 2.75) is 107 Å². The van der Waals surface area contributed by atoms with Gasteiger partial charge in [-0.15, -0.1) is 0 Å². The Morgan fingerprint density at radius 2 is 1.45 bits per heavy atom. The van der Waals surface area contributed by atoms with E-state index in [1.165, 1.54) is 37.8 Å². The van der Waals surface area contributed by atoms with E-state index < -0.39 is 0 Å². The number of allylic oxidation sites excluding steroid dienone is 3. The number of nitrogens with zero attached hydrogens (tertiary/aromatic N) is 1.